The molecule has 0 N–H and O–H groups in total. The molecule has 68 valence electrons. The molecule has 0 atom stereocenters. The Kier molecular flexibility index (Phi) is 6.87. The predicted molar refractivity (Wildman–Crippen MR) is 50.9 cm³/mol. The fraction of sp³-hybridized carbons (Fsp3) is 0.875. The number of rotatable bonds is 3. The molecule has 0 bridgehead atoms. The molecule has 11 heavy (non-hydrogen) atoms. The fourth-order valence-electron chi connectivity index (χ4n) is 0.381. The van der Waals surface area contributed by atoms with Crippen molar-refractivity contribution < 1.29 is 9.53 Å². The van der Waals surface area contributed by atoms with Crippen LogP contribution >= 0.6 is 15.9 Å². The number of ether oxygens (including phenoxy) is 1. The Morgan fingerprint density at radius 2 is 2.00 bits per heavy atom. The molecule has 0 saturated heterocycles. The van der Waals surface area contributed by atoms with Gasteiger partial charge in [-0.05, 0) is 20.8 Å². The van der Waals surface area contributed by atoms with Crippen LogP contribution in [0.4, 0.5) is 0 Å². The van der Waals surface area contributed by atoms with Crippen molar-refractivity contribution in [3.63, 3.8) is 0 Å². The first-order valence-electron chi connectivity index (χ1n) is 3.27. The molecule has 0 aliphatic heterocycles. The summed E-state index contributed by atoms with van der Waals surface area (Å²) < 4.78 is 4.83. The molecule has 0 spiro atoms. The standard InChI is InChI=1S/C7H13BrO2.CH4/c1-4-10-6(9)7(2,3)5-8;/h4-5H2,1-3H3;1H4. The molecule has 0 aromatic rings. The summed E-state index contributed by atoms with van der Waals surface area (Å²) in [5.41, 5.74) is -0.393. The molecule has 0 aliphatic carbocycles. The van der Waals surface area contributed by atoms with E-state index in [-0.39, 0.29) is 13.4 Å². The number of hydrogen-bond donors (Lipinski definition) is 0. The monoisotopic (exact) mass is 224 g/mol. The molecule has 0 radical (unpaired) electrons. The van der Waals surface area contributed by atoms with E-state index in [2.05, 4.69) is 15.9 Å². The van der Waals surface area contributed by atoms with Gasteiger partial charge in [-0.3, -0.25) is 4.79 Å². The molecule has 0 heterocycles. The third-order valence-electron chi connectivity index (χ3n) is 1.16. The highest BCUT2D eigenvalue weighted by atomic mass is 79.9. The Morgan fingerprint density at radius 1 is 1.55 bits per heavy atom. The first-order valence-corrected chi connectivity index (χ1v) is 4.40. The highest BCUT2D eigenvalue weighted by Gasteiger charge is 2.27. The molecular weight excluding hydrogens is 208 g/mol. The maximum absolute atomic E-state index is 11.0. The predicted octanol–water partition coefficient (Wildman–Crippen LogP) is 2.61. The molecule has 3 heteroatoms. The lowest BCUT2D eigenvalue weighted by atomic mass is 9.97. The maximum atomic E-state index is 11.0. The summed E-state index contributed by atoms with van der Waals surface area (Å²) in [5.74, 6) is -0.146. The van der Waals surface area contributed by atoms with E-state index in [0.29, 0.717) is 11.9 Å². The SMILES string of the molecule is C.CCOC(=O)C(C)(C)CBr. The zero-order valence-electron chi connectivity index (χ0n) is 6.61. The minimum absolute atomic E-state index is 0. The molecule has 0 aromatic carbocycles. The van der Waals surface area contributed by atoms with Crippen LogP contribution in [0, 0.1) is 5.41 Å². The number of halogens is 1. The normalized spacial score (nSPS) is 10.2. The van der Waals surface area contributed by atoms with Gasteiger partial charge < -0.3 is 4.74 Å². The number of carbonyl (C=O) groups excluding carboxylic acids is 1. The average Bonchev–Trinajstić information content (AvgIpc) is 1.89. The van der Waals surface area contributed by atoms with Gasteiger partial charge in [-0.2, -0.15) is 0 Å². The largest absolute Gasteiger partial charge is 0.466 e. The first-order chi connectivity index (χ1) is 4.54. The third kappa shape index (κ3) is 4.40. The van der Waals surface area contributed by atoms with E-state index in [9.17, 15) is 4.79 Å². The zero-order chi connectivity index (χ0) is 8.20. The first kappa shape index (κ1) is 13.5. The summed E-state index contributed by atoms with van der Waals surface area (Å²) >= 11 is 3.24. The van der Waals surface area contributed by atoms with Crippen molar-refractivity contribution in [1.29, 1.82) is 0 Å². The van der Waals surface area contributed by atoms with Crippen LogP contribution in [-0.4, -0.2) is 17.9 Å². The van der Waals surface area contributed by atoms with Crippen molar-refractivity contribution in [2.45, 2.75) is 28.2 Å². The van der Waals surface area contributed by atoms with Crippen LogP contribution in [0.1, 0.15) is 28.2 Å². The average molecular weight is 225 g/mol. The summed E-state index contributed by atoms with van der Waals surface area (Å²) in [6, 6.07) is 0. The second-order valence-corrected chi connectivity index (χ2v) is 3.30. The van der Waals surface area contributed by atoms with Crippen LogP contribution in [-0.2, 0) is 9.53 Å². The van der Waals surface area contributed by atoms with Gasteiger partial charge in [0.05, 0.1) is 12.0 Å². The van der Waals surface area contributed by atoms with Gasteiger partial charge in [-0.1, -0.05) is 23.4 Å². The van der Waals surface area contributed by atoms with Crippen molar-refractivity contribution in [1.82, 2.24) is 0 Å². The molecular formula is C8H17BrO2. The van der Waals surface area contributed by atoms with Gasteiger partial charge in [0, 0.05) is 5.33 Å². The fourth-order valence-corrected chi connectivity index (χ4v) is 0.610. The van der Waals surface area contributed by atoms with Crippen LogP contribution < -0.4 is 0 Å². The summed E-state index contributed by atoms with van der Waals surface area (Å²) in [6.45, 7) is 5.96. The molecule has 0 saturated carbocycles. The Bertz CT molecular complexity index is 121. The van der Waals surface area contributed by atoms with Gasteiger partial charge in [0.15, 0.2) is 0 Å². The molecule has 0 unspecified atom stereocenters. The van der Waals surface area contributed by atoms with Crippen molar-refractivity contribution >= 4 is 21.9 Å². The minimum Gasteiger partial charge on any atom is -0.466 e. The number of carbonyl (C=O) groups is 1. The van der Waals surface area contributed by atoms with Crippen LogP contribution in [0.3, 0.4) is 0 Å². The number of esters is 1. The van der Waals surface area contributed by atoms with Gasteiger partial charge in [-0.25, -0.2) is 0 Å². The highest BCUT2D eigenvalue weighted by Crippen LogP contribution is 2.19. The van der Waals surface area contributed by atoms with Crippen LogP contribution in [0.2, 0.25) is 0 Å². The summed E-state index contributed by atoms with van der Waals surface area (Å²) in [7, 11) is 0. The van der Waals surface area contributed by atoms with E-state index in [1.165, 1.54) is 0 Å². The van der Waals surface area contributed by atoms with Crippen LogP contribution in [0.25, 0.3) is 0 Å². The van der Waals surface area contributed by atoms with E-state index in [0.717, 1.165) is 0 Å². The molecule has 0 rings (SSSR count). The van der Waals surface area contributed by atoms with E-state index < -0.39 is 5.41 Å². The smallest absolute Gasteiger partial charge is 0.312 e. The van der Waals surface area contributed by atoms with Crippen LogP contribution in [0.5, 0.6) is 0 Å². The van der Waals surface area contributed by atoms with E-state index >= 15 is 0 Å². The van der Waals surface area contributed by atoms with Crippen molar-refractivity contribution in [2.24, 2.45) is 5.41 Å². The topological polar surface area (TPSA) is 26.3 Å². The van der Waals surface area contributed by atoms with E-state index in [1.807, 2.05) is 20.8 Å². The molecule has 2 nitrogen and oxygen atoms in total. The summed E-state index contributed by atoms with van der Waals surface area (Å²) in [5, 5.41) is 0.638. The van der Waals surface area contributed by atoms with Gasteiger partial charge in [0.25, 0.3) is 0 Å². The Morgan fingerprint density at radius 3 is 2.27 bits per heavy atom. The Balaban J connectivity index is 0. The molecule has 0 fully saturated rings. The Hall–Kier alpha value is -0.0500. The van der Waals surface area contributed by atoms with Crippen LogP contribution in [0.15, 0.2) is 0 Å². The van der Waals surface area contributed by atoms with Gasteiger partial charge in [0.2, 0.25) is 0 Å². The third-order valence-corrected chi connectivity index (χ3v) is 2.56. The quantitative estimate of drug-likeness (QED) is 0.545. The Labute approximate surface area is 77.4 Å². The minimum atomic E-state index is -0.393. The van der Waals surface area contributed by atoms with Gasteiger partial charge in [0.1, 0.15) is 0 Å². The second kappa shape index (κ2) is 5.58. The van der Waals surface area contributed by atoms with Gasteiger partial charge >= 0.3 is 5.97 Å². The lowest BCUT2D eigenvalue weighted by molar-refractivity contribution is -0.151. The second-order valence-electron chi connectivity index (χ2n) is 2.74. The van der Waals surface area contributed by atoms with Crippen molar-refractivity contribution in [2.75, 3.05) is 11.9 Å². The number of hydrogen-bond acceptors (Lipinski definition) is 2. The van der Waals surface area contributed by atoms with Gasteiger partial charge in [-0.15, -0.1) is 0 Å². The molecule has 0 aliphatic rings. The summed E-state index contributed by atoms with van der Waals surface area (Å²) in [4.78, 5) is 11.0. The van der Waals surface area contributed by atoms with Crippen molar-refractivity contribution in [3.05, 3.63) is 0 Å². The van der Waals surface area contributed by atoms with Crippen molar-refractivity contribution in [3.8, 4) is 0 Å². The number of alkyl halides is 1. The van der Waals surface area contributed by atoms with E-state index in [4.69, 9.17) is 4.74 Å². The van der Waals surface area contributed by atoms with E-state index in [1.54, 1.807) is 0 Å². The molecule has 0 amide bonds. The zero-order valence-corrected chi connectivity index (χ0v) is 8.19. The lowest BCUT2D eigenvalue weighted by Crippen LogP contribution is -2.27. The molecule has 0 aromatic heterocycles. The summed E-state index contributed by atoms with van der Waals surface area (Å²) in [6.07, 6.45) is 0. The highest BCUT2D eigenvalue weighted by molar-refractivity contribution is 9.09. The maximum Gasteiger partial charge on any atom is 0.312 e. The lowest BCUT2D eigenvalue weighted by Gasteiger charge is -2.18.